The number of hydrogen-bond donors (Lipinski definition) is 0. The third kappa shape index (κ3) is 2.05. The van der Waals surface area contributed by atoms with E-state index < -0.39 is 4.92 Å². The lowest BCUT2D eigenvalue weighted by Crippen LogP contribution is -1.93. The number of rotatable bonds is 2. The van der Waals surface area contributed by atoms with Gasteiger partial charge in [0.2, 0.25) is 0 Å². The second-order valence-electron chi connectivity index (χ2n) is 3.17. The Kier molecular flexibility index (Phi) is 2.89. The van der Waals surface area contributed by atoms with Gasteiger partial charge in [0.25, 0.3) is 5.69 Å². The summed E-state index contributed by atoms with van der Waals surface area (Å²) in [6, 6.07) is 6.50. The van der Waals surface area contributed by atoms with Gasteiger partial charge in [-0.05, 0) is 25.1 Å². The number of hydrogen-bond acceptors (Lipinski definition) is 4. The molecule has 0 aromatic carbocycles. The lowest BCUT2D eigenvalue weighted by atomic mass is 10.2. The van der Waals surface area contributed by atoms with E-state index in [1.165, 1.54) is 23.5 Å². The largest absolute Gasteiger partial charge is 0.296 e. The summed E-state index contributed by atoms with van der Waals surface area (Å²) in [5, 5.41) is 11.1. The predicted octanol–water partition coefficient (Wildman–Crippen LogP) is 3.68. The van der Waals surface area contributed by atoms with Gasteiger partial charge < -0.3 is 0 Å². The maximum absolute atomic E-state index is 10.8. The Bertz CT molecular complexity index is 554. The Labute approximate surface area is 101 Å². The van der Waals surface area contributed by atoms with E-state index in [0.717, 1.165) is 9.75 Å². The molecule has 0 spiro atoms. The van der Waals surface area contributed by atoms with Crippen molar-refractivity contribution in [2.45, 2.75) is 6.92 Å². The molecule has 0 saturated carbocycles. The average molecular weight is 255 g/mol. The highest BCUT2D eigenvalue weighted by Crippen LogP contribution is 2.33. The SMILES string of the molecule is Cc1ccc(-c2nc(Cl)ccc2[N+](=O)[O-])s1. The highest BCUT2D eigenvalue weighted by Gasteiger charge is 2.18. The van der Waals surface area contributed by atoms with Crippen LogP contribution in [0.1, 0.15) is 4.88 Å². The highest BCUT2D eigenvalue weighted by molar-refractivity contribution is 7.15. The van der Waals surface area contributed by atoms with Gasteiger partial charge in [-0.3, -0.25) is 10.1 Å². The molecule has 0 amide bonds. The van der Waals surface area contributed by atoms with Crippen molar-refractivity contribution in [3.63, 3.8) is 0 Å². The van der Waals surface area contributed by atoms with Crippen LogP contribution in [-0.2, 0) is 0 Å². The van der Waals surface area contributed by atoms with Crippen LogP contribution < -0.4 is 0 Å². The normalized spacial score (nSPS) is 10.4. The zero-order valence-electron chi connectivity index (χ0n) is 8.31. The van der Waals surface area contributed by atoms with Crippen molar-refractivity contribution < 1.29 is 4.92 Å². The second kappa shape index (κ2) is 4.19. The van der Waals surface area contributed by atoms with Crippen LogP contribution in [0.2, 0.25) is 5.15 Å². The first kappa shape index (κ1) is 11.0. The molecule has 2 aromatic heterocycles. The summed E-state index contributed by atoms with van der Waals surface area (Å²) in [6.07, 6.45) is 0. The van der Waals surface area contributed by atoms with Crippen molar-refractivity contribution in [3.05, 3.63) is 44.4 Å². The molecular formula is C10H7ClN2O2S. The zero-order chi connectivity index (χ0) is 11.7. The van der Waals surface area contributed by atoms with Gasteiger partial charge in [0.15, 0.2) is 5.69 Å². The number of aromatic nitrogens is 1. The van der Waals surface area contributed by atoms with Crippen LogP contribution in [0, 0.1) is 17.0 Å². The van der Waals surface area contributed by atoms with Crippen molar-refractivity contribution >= 4 is 28.6 Å². The van der Waals surface area contributed by atoms with Gasteiger partial charge in [-0.1, -0.05) is 11.6 Å². The summed E-state index contributed by atoms with van der Waals surface area (Å²) in [4.78, 5) is 16.2. The van der Waals surface area contributed by atoms with Gasteiger partial charge in [0.1, 0.15) is 5.15 Å². The van der Waals surface area contributed by atoms with E-state index in [1.54, 1.807) is 0 Å². The Morgan fingerprint density at radius 1 is 1.38 bits per heavy atom. The van der Waals surface area contributed by atoms with Crippen LogP contribution in [0.5, 0.6) is 0 Å². The van der Waals surface area contributed by atoms with E-state index in [4.69, 9.17) is 11.6 Å². The molecule has 4 nitrogen and oxygen atoms in total. The minimum atomic E-state index is -0.451. The molecule has 0 aliphatic carbocycles. The van der Waals surface area contributed by atoms with Gasteiger partial charge in [-0.2, -0.15) is 0 Å². The minimum absolute atomic E-state index is 0.0220. The summed E-state index contributed by atoms with van der Waals surface area (Å²) in [7, 11) is 0. The average Bonchev–Trinajstić information content (AvgIpc) is 2.64. The standard InChI is InChI=1S/C10H7ClN2O2S/c1-6-2-4-8(16-6)10-7(13(14)15)3-5-9(11)12-10/h2-5H,1H3. The minimum Gasteiger partial charge on any atom is -0.258 e. The van der Waals surface area contributed by atoms with Crippen molar-refractivity contribution in [2.24, 2.45) is 0 Å². The molecule has 0 atom stereocenters. The van der Waals surface area contributed by atoms with Crippen LogP contribution in [0.4, 0.5) is 5.69 Å². The number of aryl methyl sites for hydroxylation is 1. The van der Waals surface area contributed by atoms with Gasteiger partial charge >= 0.3 is 0 Å². The maximum atomic E-state index is 10.8. The fraction of sp³-hybridized carbons (Fsp3) is 0.100. The molecule has 2 rings (SSSR count). The second-order valence-corrected chi connectivity index (χ2v) is 4.84. The molecule has 82 valence electrons. The van der Waals surface area contributed by atoms with E-state index in [1.807, 2.05) is 19.1 Å². The van der Waals surface area contributed by atoms with E-state index in [0.29, 0.717) is 5.69 Å². The molecule has 16 heavy (non-hydrogen) atoms. The number of thiophene rings is 1. The van der Waals surface area contributed by atoms with Crippen LogP contribution in [0.25, 0.3) is 10.6 Å². The first-order valence-electron chi connectivity index (χ1n) is 4.45. The van der Waals surface area contributed by atoms with Crippen molar-refractivity contribution in [2.75, 3.05) is 0 Å². The number of nitro groups is 1. The summed E-state index contributed by atoms with van der Waals surface area (Å²) in [5.74, 6) is 0. The fourth-order valence-electron chi connectivity index (χ4n) is 1.32. The fourth-order valence-corrected chi connectivity index (χ4v) is 2.33. The number of halogens is 1. The molecular weight excluding hydrogens is 248 g/mol. The molecule has 0 unspecified atom stereocenters. The summed E-state index contributed by atoms with van der Waals surface area (Å²) >= 11 is 7.20. The lowest BCUT2D eigenvalue weighted by Gasteiger charge is -1.99. The van der Waals surface area contributed by atoms with Gasteiger partial charge in [-0.15, -0.1) is 11.3 Å². The van der Waals surface area contributed by atoms with Crippen LogP contribution in [-0.4, -0.2) is 9.91 Å². The van der Waals surface area contributed by atoms with E-state index in [2.05, 4.69) is 4.98 Å². The number of pyridine rings is 1. The maximum Gasteiger partial charge on any atom is 0.296 e. The van der Waals surface area contributed by atoms with Gasteiger partial charge in [0.05, 0.1) is 9.80 Å². The molecule has 6 heteroatoms. The third-order valence-corrected chi connectivity index (χ3v) is 3.23. The van der Waals surface area contributed by atoms with E-state index >= 15 is 0 Å². The lowest BCUT2D eigenvalue weighted by molar-refractivity contribution is -0.384. The summed E-state index contributed by atoms with van der Waals surface area (Å²) in [5.41, 5.74) is 0.307. The molecule has 0 radical (unpaired) electrons. The predicted molar refractivity (Wildman–Crippen MR) is 64.0 cm³/mol. The number of nitrogens with zero attached hydrogens (tertiary/aromatic N) is 2. The van der Waals surface area contributed by atoms with Crippen LogP contribution >= 0.6 is 22.9 Å². The van der Waals surface area contributed by atoms with Crippen LogP contribution in [0.3, 0.4) is 0 Å². The Morgan fingerprint density at radius 3 is 2.69 bits per heavy atom. The molecule has 0 bridgehead atoms. The quantitative estimate of drug-likeness (QED) is 0.467. The summed E-state index contributed by atoms with van der Waals surface area (Å²) < 4.78 is 0. The molecule has 0 fully saturated rings. The first-order valence-corrected chi connectivity index (χ1v) is 5.65. The topological polar surface area (TPSA) is 56.0 Å². The first-order chi connectivity index (χ1) is 7.58. The molecule has 0 aliphatic heterocycles. The Morgan fingerprint density at radius 2 is 2.12 bits per heavy atom. The van der Waals surface area contributed by atoms with Crippen LogP contribution in [0.15, 0.2) is 24.3 Å². The van der Waals surface area contributed by atoms with Crippen molar-refractivity contribution in [1.29, 1.82) is 0 Å². The van der Waals surface area contributed by atoms with Gasteiger partial charge in [-0.25, -0.2) is 4.98 Å². The summed E-state index contributed by atoms with van der Waals surface area (Å²) in [6.45, 7) is 1.94. The van der Waals surface area contributed by atoms with Crippen molar-refractivity contribution in [1.82, 2.24) is 4.98 Å². The third-order valence-electron chi connectivity index (χ3n) is 2.01. The molecule has 2 aromatic rings. The Hall–Kier alpha value is -1.46. The zero-order valence-corrected chi connectivity index (χ0v) is 9.88. The molecule has 0 saturated heterocycles. The van der Waals surface area contributed by atoms with E-state index in [-0.39, 0.29) is 10.8 Å². The molecule has 0 N–H and O–H groups in total. The highest BCUT2D eigenvalue weighted by atomic mass is 35.5. The van der Waals surface area contributed by atoms with Crippen molar-refractivity contribution in [3.8, 4) is 10.6 Å². The van der Waals surface area contributed by atoms with Gasteiger partial charge in [0, 0.05) is 10.9 Å². The monoisotopic (exact) mass is 254 g/mol. The Balaban J connectivity index is 2.62. The smallest absolute Gasteiger partial charge is 0.258 e. The molecule has 2 heterocycles. The molecule has 0 aliphatic rings. The van der Waals surface area contributed by atoms with E-state index in [9.17, 15) is 10.1 Å².